The number of hydrogen-bond acceptors (Lipinski definition) is 26. The highest BCUT2D eigenvalue weighted by atomic mass is 32.2. The van der Waals surface area contributed by atoms with Gasteiger partial charge in [-0.15, -0.1) is 0 Å². The molecule has 1 aromatic carbocycles. The summed E-state index contributed by atoms with van der Waals surface area (Å²) >= 11 is 1.62. The van der Waals surface area contributed by atoms with Crippen LogP contribution in [0.25, 0.3) is 10.9 Å². The predicted octanol–water partition coefficient (Wildman–Crippen LogP) is -3.40. The maximum absolute atomic E-state index is 14.5. The number of nitrogens with one attached hydrogen (secondary N) is 15. The van der Waals surface area contributed by atoms with Gasteiger partial charge in [-0.25, -0.2) is 0 Å². The number of aromatic nitrogens is 1. The molecule has 780 valence electrons. The van der Waals surface area contributed by atoms with E-state index in [2.05, 4.69) is 84.2 Å². The third-order valence-electron chi connectivity index (χ3n) is 26.1. The first-order valence-corrected chi connectivity index (χ1v) is 50.1. The normalized spacial score (nSPS) is 19.7. The van der Waals surface area contributed by atoms with E-state index in [0.29, 0.717) is 109 Å². The summed E-state index contributed by atoms with van der Waals surface area (Å²) in [6.45, 7) is 18.7. The van der Waals surface area contributed by atoms with E-state index in [0.717, 1.165) is 16.5 Å². The lowest BCUT2D eigenvalue weighted by atomic mass is 9.86. The molecule has 5 fully saturated rings. The fourth-order valence-corrected chi connectivity index (χ4v) is 19.0. The number of carbonyl (C=O) groups excluding carboxylic acids is 20. The quantitative estimate of drug-likeness (QED) is 0.0227. The van der Waals surface area contributed by atoms with E-state index in [-0.39, 0.29) is 132 Å². The average molecular weight is 1990 g/mol. The minimum absolute atomic E-state index is 0.00410. The third-order valence-corrected chi connectivity index (χ3v) is 27.5. The second-order valence-electron chi connectivity index (χ2n) is 38.6. The molecule has 6 heterocycles. The summed E-state index contributed by atoms with van der Waals surface area (Å²) in [7, 11) is 1.22. The van der Waals surface area contributed by atoms with E-state index in [1.807, 2.05) is 45.0 Å². The molecular formula is C94H152N24O21S. The van der Waals surface area contributed by atoms with Gasteiger partial charge in [0.05, 0.1) is 13.5 Å². The number of H-pyrrole nitrogens is 1. The Hall–Kier alpha value is -11.7. The number of hydrogen-bond donors (Lipinski definition) is 20. The lowest BCUT2D eigenvalue weighted by Gasteiger charge is -2.38. The number of amides is 19. The zero-order valence-corrected chi connectivity index (χ0v) is 83.7. The molecule has 1 aromatic heterocycles. The van der Waals surface area contributed by atoms with Crippen molar-refractivity contribution >= 4 is 141 Å². The lowest BCUT2D eigenvalue weighted by molar-refractivity contribution is -0.149. The van der Waals surface area contributed by atoms with E-state index < -0.39 is 214 Å². The zero-order chi connectivity index (χ0) is 104. The molecule has 18 atom stereocenters. The van der Waals surface area contributed by atoms with Crippen molar-refractivity contribution in [2.75, 3.05) is 71.8 Å². The molecule has 0 radical (unpaired) electrons. The van der Waals surface area contributed by atoms with Crippen LogP contribution < -0.4 is 103 Å². The van der Waals surface area contributed by atoms with Gasteiger partial charge in [0, 0.05) is 91.5 Å². The van der Waals surface area contributed by atoms with Crippen molar-refractivity contribution < 1.29 is 101 Å². The van der Waals surface area contributed by atoms with Crippen LogP contribution in [0.5, 0.6) is 0 Å². The van der Waals surface area contributed by atoms with Crippen molar-refractivity contribution in [3.8, 4) is 0 Å². The number of rotatable bonds is 53. The number of esters is 1. The number of piperidine rings is 2. The summed E-state index contributed by atoms with van der Waals surface area (Å²) in [6, 6.07) is -11.6. The van der Waals surface area contributed by atoms with E-state index in [9.17, 15) is 95.9 Å². The Bertz CT molecular complexity index is 4650. The third kappa shape index (κ3) is 34.9. The predicted molar refractivity (Wildman–Crippen MR) is 519 cm³/mol. The van der Waals surface area contributed by atoms with E-state index in [1.54, 1.807) is 27.8 Å². The topological polar surface area (TPSA) is 678 Å². The van der Waals surface area contributed by atoms with Gasteiger partial charge < -0.3 is 132 Å². The largest absolute Gasteiger partial charge is 0.469 e. The zero-order valence-electron chi connectivity index (χ0n) is 82.9. The first-order chi connectivity index (χ1) is 66.3. The maximum Gasteiger partial charge on any atom is 0.306 e. The summed E-state index contributed by atoms with van der Waals surface area (Å²) in [5, 5.41) is 37.7. The summed E-state index contributed by atoms with van der Waals surface area (Å²) in [6.07, 6.45) is 8.19. The van der Waals surface area contributed by atoms with Crippen LogP contribution in [0.4, 0.5) is 0 Å². The number of carbonyl (C=O) groups is 20. The maximum atomic E-state index is 14.5. The summed E-state index contributed by atoms with van der Waals surface area (Å²) in [4.78, 5) is 283. The molecule has 2 aromatic rings. The van der Waals surface area contributed by atoms with Crippen molar-refractivity contribution in [1.29, 1.82) is 0 Å². The fourth-order valence-electron chi connectivity index (χ4n) is 17.6. The SMILES string of the molecule is COC(=O)CCC(=O)N1C[C@H]2C[C@@H]1C(=O)N1C(CC[C@H]1C(=O)N[C@@H](C)C(=O)N[C@@H](C)C(=O)N[C@@H](C)C(=O)N[C@@H](C)C(=O)N[C@@H](C)C(=O)N[C@@H](C)C(=O)N[C@@H](C)C(=O)N[C@@H](C)C(=O)N[C@@H](CC(C)(C)C)C(=O)N1CCC(C(=O)N3CCC(C(=O)N[C@@H](CCCCN)C(=O)N[C@@H](CCCCN)C(=O)N[C@@H](CCCCN)C(=O)N[C@@H](CCCCN)C(=O)N[C@@H](Cc4c[nH]c5ccccc45)C(N)=O)CC3)CC1)CS2. The highest BCUT2D eigenvalue weighted by Gasteiger charge is 2.51. The number of thioether (sulfide) groups is 1. The monoisotopic (exact) mass is 1990 g/mol. The number of nitrogens with zero attached hydrogens (tertiary/aromatic N) is 4. The number of ether oxygens (including phenoxy) is 1. The van der Waals surface area contributed by atoms with E-state index >= 15 is 0 Å². The van der Waals surface area contributed by atoms with Gasteiger partial charge in [0.2, 0.25) is 112 Å². The second kappa shape index (κ2) is 56.1. The highest BCUT2D eigenvalue weighted by Crippen LogP contribution is 2.39. The Labute approximate surface area is 822 Å². The molecule has 1 unspecified atom stereocenters. The second-order valence-corrected chi connectivity index (χ2v) is 39.9. The van der Waals surface area contributed by atoms with Crippen LogP contribution in [0.2, 0.25) is 0 Å². The molecule has 5 aliphatic heterocycles. The first kappa shape index (κ1) is 115. The summed E-state index contributed by atoms with van der Waals surface area (Å²) in [5.41, 5.74) is 30.3. The molecule has 25 N–H and O–H groups in total. The number of likely N-dealkylation sites (tertiary alicyclic amines) is 3. The molecule has 5 aliphatic rings. The van der Waals surface area contributed by atoms with Gasteiger partial charge in [-0.1, -0.05) is 39.0 Å². The van der Waals surface area contributed by atoms with Gasteiger partial charge in [0.1, 0.15) is 96.7 Å². The van der Waals surface area contributed by atoms with Gasteiger partial charge in [-0.3, -0.25) is 95.9 Å². The molecule has 45 nitrogen and oxygen atoms in total. The number of nitrogens with two attached hydrogens (primary N) is 5. The van der Waals surface area contributed by atoms with Crippen molar-refractivity contribution in [1.82, 2.24) is 99.0 Å². The van der Waals surface area contributed by atoms with Gasteiger partial charge >= 0.3 is 5.97 Å². The number of para-hydroxylation sites is 1. The van der Waals surface area contributed by atoms with Crippen molar-refractivity contribution in [2.45, 2.75) is 332 Å². The summed E-state index contributed by atoms with van der Waals surface area (Å²) in [5.74, 6) is -13.3. The molecule has 7 rings (SSSR count). The fraction of sp³-hybridized carbons (Fsp3) is 0.702. The molecule has 46 heteroatoms. The van der Waals surface area contributed by atoms with Gasteiger partial charge in [0.15, 0.2) is 0 Å². The molecule has 0 saturated carbocycles. The highest BCUT2D eigenvalue weighted by molar-refractivity contribution is 8.00. The Morgan fingerprint density at radius 1 is 0.450 bits per heavy atom. The number of methoxy groups -OCH3 is 1. The van der Waals surface area contributed by atoms with Crippen molar-refractivity contribution in [3.05, 3.63) is 36.0 Å². The lowest BCUT2D eigenvalue weighted by Crippen LogP contribution is -2.59. The smallest absolute Gasteiger partial charge is 0.306 e. The van der Waals surface area contributed by atoms with Crippen LogP contribution in [-0.4, -0.2) is 323 Å². The Balaban J connectivity index is 0.821. The number of benzene rings is 1. The first-order valence-electron chi connectivity index (χ1n) is 49.1. The van der Waals surface area contributed by atoms with Crippen LogP contribution >= 0.6 is 11.8 Å². The van der Waals surface area contributed by atoms with Crippen molar-refractivity contribution in [3.63, 3.8) is 0 Å². The van der Waals surface area contributed by atoms with Crippen molar-refractivity contribution in [2.24, 2.45) is 45.9 Å². The van der Waals surface area contributed by atoms with Crippen LogP contribution in [0, 0.1) is 17.3 Å². The average Bonchev–Trinajstić information content (AvgIpc) is 1.61. The van der Waals surface area contributed by atoms with Gasteiger partial charge in [0.25, 0.3) is 0 Å². The molecule has 0 spiro atoms. The number of aromatic amines is 1. The molecule has 5 saturated heterocycles. The van der Waals surface area contributed by atoms with Crippen LogP contribution in [0.3, 0.4) is 0 Å². The molecule has 2 bridgehead atoms. The minimum Gasteiger partial charge on any atom is -0.469 e. The molecular weight excluding hydrogens is 1830 g/mol. The number of primary amides is 1. The van der Waals surface area contributed by atoms with E-state index in [4.69, 9.17) is 28.7 Å². The van der Waals surface area contributed by atoms with Crippen LogP contribution in [0.15, 0.2) is 30.5 Å². The Morgan fingerprint density at radius 3 is 1.25 bits per heavy atom. The summed E-state index contributed by atoms with van der Waals surface area (Å²) < 4.78 is 4.67. The molecule has 19 amide bonds. The molecule has 0 aliphatic carbocycles. The number of unbranched alkanes of at least 4 members (excludes halogenated alkanes) is 4. The minimum atomic E-state index is -1.29. The number of fused-ring (bicyclic) bond motifs is 4. The standard InChI is InChI=1S/C94H152N24O21S/c1-51(102-79(124)53(3)104-81(126)55(5)106-83(128)57(7)108-90(135)72-30-29-62-50-140-63-46-73(93(138)118(62)72)117(49-63)74(119)31-32-75(120)139-12)77(122)101-52(2)78(123)103-54(4)80(125)105-56(6)82(127)107-58(8)84(129)114-71(47-94(9,10)11)92(137)116-43-35-60(36-44-116)91(136)115-41-33-59(34-42-115)85(130)109-66(25-15-19-37-95)86(131)110-67(26-16-20-38-96)87(132)111-68(27-17-21-39-97)88(133)112-69(28-18-22-40-98)89(134)113-70(76(99)121)45-61-48-100-65-24-14-13-23-64(61)65/h13-14,23-24,48,51-60,62-63,66-73,100H,15-22,25-47,49-50,95-98H2,1-12H3,(H2,99,121)(H,101,122)(H,102,124)(H,103,123)(H,104,126)(H,105,125)(H,106,128)(H,107,127)(H,108,135)(H,109,130)(H,110,131)(H,111,132)(H,112,133)(H,113,134)(H,114,129)/t51-,52-,53-,54-,55-,56-,57-,58-,62?,63+,66-,67-,68-,69-,70-,71-,72-,73+/m0/s1. The van der Waals surface area contributed by atoms with Gasteiger partial charge in [-0.2, -0.15) is 11.8 Å². The van der Waals surface area contributed by atoms with Crippen LogP contribution in [-0.2, 0) is 107 Å². The van der Waals surface area contributed by atoms with E-state index in [1.165, 1.54) is 72.3 Å². The molecule has 140 heavy (non-hydrogen) atoms. The Kier molecular flexibility index (Phi) is 46.2. The Morgan fingerprint density at radius 2 is 0.836 bits per heavy atom. The van der Waals surface area contributed by atoms with Crippen LogP contribution in [0.1, 0.15) is 223 Å². The van der Waals surface area contributed by atoms with Gasteiger partial charge in [-0.05, 0) is 227 Å².